The van der Waals surface area contributed by atoms with Crippen LogP contribution in [0, 0.1) is 6.92 Å². The maximum absolute atomic E-state index is 9.67. The predicted octanol–water partition coefficient (Wildman–Crippen LogP) is 11.2. The Kier molecular flexibility index (Phi) is 2.78. The van der Waals surface area contributed by atoms with E-state index in [9.17, 15) is 12.3 Å². The monoisotopic (exact) mass is 692 g/mol. The van der Waals surface area contributed by atoms with Crippen LogP contribution in [0.25, 0.3) is 78.0 Å². The molecular formula is C47H31N5. The Morgan fingerprint density at radius 1 is 0.423 bits per heavy atom. The lowest BCUT2D eigenvalue weighted by molar-refractivity contribution is 0.889. The molecular weight excluding hydrogens is 635 g/mol. The SMILES string of the molecule is [2H]c1c([2H])c([2H])c(C2c3c([2H])c([2H])c([2H])c([2H])c3-c3c([2H])c([2H])c([2H])c([2H])c32)c(-c2nc(-n3c4c([2H])c([2H])c([2H])c([2H])c4c4c([2H])c([2H])c([2H])c([2H])c43)nc(-n3c4c([2H])c([2H])c([2H])c([2H])c4c4c([2H])c(C)c([2H])c([2H])c43)n2)c1[2H]. The van der Waals surface area contributed by atoms with E-state index in [1.165, 1.54) is 6.92 Å². The molecule has 0 bridgehead atoms. The van der Waals surface area contributed by atoms with Gasteiger partial charge in [-0.3, -0.25) is 9.13 Å². The molecule has 0 N–H and O–H groups in total. The van der Waals surface area contributed by atoms with Crippen molar-refractivity contribution in [1.29, 1.82) is 0 Å². The molecule has 1 aliphatic carbocycles. The highest BCUT2D eigenvalue weighted by Gasteiger charge is 2.32. The van der Waals surface area contributed by atoms with E-state index in [1.54, 1.807) is 0 Å². The number of hydrogen-bond donors (Lipinski definition) is 0. The summed E-state index contributed by atoms with van der Waals surface area (Å²) in [5, 5.41) is -1.70. The molecule has 1 aliphatic rings. The summed E-state index contributed by atoms with van der Waals surface area (Å²) >= 11 is 0. The zero-order chi connectivity index (χ0) is 57.8. The number of rotatable bonds is 4. The quantitative estimate of drug-likeness (QED) is 0.184. The molecule has 0 spiro atoms. The Morgan fingerprint density at radius 2 is 0.827 bits per heavy atom. The highest BCUT2D eigenvalue weighted by atomic mass is 15.3. The lowest BCUT2D eigenvalue weighted by atomic mass is 9.86. The van der Waals surface area contributed by atoms with Gasteiger partial charge in [-0.15, -0.1) is 0 Å². The third-order valence-corrected chi connectivity index (χ3v) is 8.82. The van der Waals surface area contributed by atoms with Gasteiger partial charge >= 0.3 is 0 Å². The molecule has 11 rings (SSSR count). The molecule has 3 heterocycles. The smallest absolute Gasteiger partial charge is 0.240 e. The van der Waals surface area contributed by atoms with Crippen molar-refractivity contribution < 1.29 is 37.0 Å². The van der Waals surface area contributed by atoms with Gasteiger partial charge in [0.1, 0.15) is 0 Å². The van der Waals surface area contributed by atoms with E-state index in [0.717, 1.165) is 9.13 Å². The van der Waals surface area contributed by atoms with Crippen molar-refractivity contribution in [1.82, 2.24) is 24.1 Å². The van der Waals surface area contributed by atoms with Crippen LogP contribution in [0.4, 0.5) is 0 Å². The third-order valence-electron chi connectivity index (χ3n) is 8.82. The van der Waals surface area contributed by atoms with Crippen LogP contribution in [0.1, 0.15) is 65.2 Å². The van der Waals surface area contributed by atoms with Crippen LogP contribution >= 0.6 is 0 Å². The second-order valence-corrected chi connectivity index (χ2v) is 11.6. The Labute approximate surface area is 338 Å². The Hall–Kier alpha value is -6.85. The molecule has 3 aromatic heterocycles. The summed E-state index contributed by atoms with van der Waals surface area (Å²) in [5.41, 5.74) is -5.65. The number of benzene rings is 7. The van der Waals surface area contributed by atoms with Crippen LogP contribution in [0.2, 0.25) is 0 Å². The Morgan fingerprint density at radius 3 is 1.37 bits per heavy atom. The average Bonchev–Trinajstić information content (AvgIpc) is 4.34. The van der Waals surface area contributed by atoms with E-state index in [0.29, 0.717) is 0 Å². The first-order valence-corrected chi connectivity index (χ1v) is 15.5. The van der Waals surface area contributed by atoms with Crippen molar-refractivity contribution in [2.75, 3.05) is 0 Å². The van der Waals surface area contributed by atoms with Crippen LogP contribution in [-0.2, 0) is 0 Å². The molecule has 7 aromatic carbocycles. The fourth-order valence-electron chi connectivity index (χ4n) is 6.71. The number of hydrogen-bond acceptors (Lipinski definition) is 3. The van der Waals surface area contributed by atoms with Crippen LogP contribution in [0.5, 0.6) is 0 Å². The highest BCUT2D eigenvalue weighted by Crippen LogP contribution is 2.49. The molecule has 0 saturated heterocycles. The molecule has 52 heavy (non-hydrogen) atoms. The fourth-order valence-corrected chi connectivity index (χ4v) is 6.71. The predicted molar refractivity (Wildman–Crippen MR) is 212 cm³/mol. The van der Waals surface area contributed by atoms with E-state index in [4.69, 9.17) is 24.7 Å². The summed E-state index contributed by atoms with van der Waals surface area (Å²) in [6.45, 7) is 1.33. The summed E-state index contributed by atoms with van der Waals surface area (Å²) in [5.74, 6) is -4.65. The first-order valence-electron chi connectivity index (χ1n) is 29.0. The Bertz CT molecular complexity index is 4200. The summed E-state index contributed by atoms with van der Waals surface area (Å²) in [4.78, 5) is 14.0. The first kappa shape index (κ1) is 13.0. The molecule has 5 heteroatoms. The number of aromatic nitrogens is 5. The van der Waals surface area contributed by atoms with Gasteiger partial charge < -0.3 is 0 Å². The van der Waals surface area contributed by atoms with E-state index < -0.39 is 258 Å². The largest absolute Gasteiger partial charge is 0.278 e. The van der Waals surface area contributed by atoms with Crippen LogP contribution in [0.3, 0.4) is 0 Å². The van der Waals surface area contributed by atoms with Crippen molar-refractivity contribution in [2.45, 2.75) is 12.8 Å². The van der Waals surface area contributed by atoms with Crippen LogP contribution < -0.4 is 0 Å². The number of nitrogens with zero attached hydrogens (tertiary/aromatic N) is 5. The van der Waals surface area contributed by atoms with Gasteiger partial charge in [0.05, 0.1) is 59.1 Å². The van der Waals surface area contributed by atoms with E-state index in [-0.39, 0.29) is 10.9 Å². The van der Waals surface area contributed by atoms with Crippen molar-refractivity contribution >= 4 is 43.6 Å². The Balaban J connectivity index is 1.43. The molecule has 0 aliphatic heterocycles. The number of fused-ring (bicyclic) bond motifs is 9. The molecule has 0 fully saturated rings. The normalized spacial score (nSPS) is 19.9. The van der Waals surface area contributed by atoms with E-state index >= 15 is 0 Å². The standard InChI is InChI=1S/C47H31N5/c1-29-26-27-43-39(28-29)34-18-10-13-25-42(34)52(43)47-49-45(48-46(50-47)51-40-23-11-8-16-32(40)33-17-9-12-24-41(33)51)38-22-7-6-21-37(38)44-35-19-4-2-14-30(35)31-15-3-5-20-36(31)44/h2-28,44H,1H3/i2D,3D,4D,5D,6D,7D,8D,9D,10D,11D,12D,13D,14D,15D,16D,17D,18D,19D,20D,21D,22D,23D,24D,25D,26D,27D,28D. The summed E-state index contributed by atoms with van der Waals surface area (Å²) in [6, 6.07) is -22.4. The fraction of sp³-hybridized carbons (Fsp3) is 0.0426. The average molecular weight is 693 g/mol. The maximum Gasteiger partial charge on any atom is 0.240 e. The van der Waals surface area contributed by atoms with Crippen molar-refractivity contribution in [3.63, 3.8) is 0 Å². The third kappa shape index (κ3) is 4.14. The molecule has 5 nitrogen and oxygen atoms in total. The van der Waals surface area contributed by atoms with Gasteiger partial charge in [0.2, 0.25) is 11.9 Å². The summed E-state index contributed by atoms with van der Waals surface area (Å²) in [6.07, 6.45) is 0. The molecule has 0 amide bonds. The van der Waals surface area contributed by atoms with Gasteiger partial charge in [-0.25, -0.2) is 0 Å². The van der Waals surface area contributed by atoms with Gasteiger partial charge in [-0.05, 0) is 65.0 Å². The van der Waals surface area contributed by atoms with Gasteiger partial charge in [-0.1, -0.05) is 138 Å². The van der Waals surface area contributed by atoms with E-state index in [2.05, 4.69) is 15.0 Å². The topological polar surface area (TPSA) is 48.5 Å². The minimum absolute atomic E-state index is 0.104. The molecule has 0 radical (unpaired) electrons. The minimum Gasteiger partial charge on any atom is -0.278 e. The van der Waals surface area contributed by atoms with Gasteiger partial charge in [0.25, 0.3) is 0 Å². The lowest BCUT2D eigenvalue weighted by Crippen LogP contribution is -2.11. The summed E-state index contributed by atoms with van der Waals surface area (Å²) in [7, 11) is 0. The van der Waals surface area contributed by atoms with Gasteiger partial charge in [0, 0.05) is 33.0 Å². The molecule has 10 aromatic rings. The molecule has 244 valence electrons. The zero-order valence-electron chi connectivity index (χ0n) is 53.3. The van der Waals surface area contributed by atoms with Gasteiger partial charge in [-0.2, -0.15) is 15.0 Å². The van der Waals surface area contributed by atoms with Crippen molar-refractivity contribution in [3.05, 3.63) is 185 Å². The van der Waals surface area contributed by atoms with Crippen LogP contribution in [-0.4, -0.2) is 24.1 Å². The lowest BCUT2D eigenvalue weighted by Gasteiger charge is -2.19. The maximum atomic E-state index is 9.67. The zero-order valence-corrected chi connectivity index (χ0v) is 26.3. The van der Waals surface area contributed by atoms with Gasteiger partial charge in [0.15, 0.2) is 5.82 Å². The van der Waals surface area contributed by atoms with Crippen molar-refractivity contribution in [2.24, 2.45) is 0 Å². The van der Waals surface area contributed by atoms with Crippen LogP contribution in [0.15, 0.2) is 163 Å². The minimum atomic E-state index is -1.97. The second kappa shape index (κ2) is 11.1. The molecule has 0 atom stereocenters. The molecule has 0 unspecified atom stereocenters. The number of para-hydroxylation sites is 3. The van der Waals surface area contributed by atoms with E-state index in [1.807, 2.05) is 0 Å². The summed E-state index contributed by atoms with van der Waals surface area (Å²) < 4.78 is 245. The second-order valence-electron chi connectivity index (χ2n) is 11.6. The van der Waals surface area contributed by atoms with Crippen molar-refractivity contribution in [3.8, 4) is 34.4 Å². The molecule has 0 saturated carbocycles. The highest BCUT2D eigenvalue weighted by molar-refractivity contribution is 6.10. The first-order chi connectivity index (χ1) is 36.9.